The topological polar surface area (TPSA) is 69.7 Å². The van der Waals surface area contributed by atoms with Crippen molar-refractivity contribution in [3.05, 3.63) is 69.5 Å². The molecule has 0 radical (unpaired) electrons. The van der Waals surface area contributed by atoms with Crippen LogP contribution in [0.25, 0.3) is 0 Å². The molecule has 198 valence electrons. The van der Waals surface area contributed by atoms with Crippen molar-refractivity contribution >= 4 is 27.5 Å². The minimum Gasteiger partial charge on any atom is -0.490 e. The number of ether oxygens (including phenoxy) is 3. The lowest BCUT2D eigenvalue weighted by molar-refractivity contribution is -0.275. The summed E-state index contributed by atoms with van der Waals surface area (Å²) >= 11 is 3.03. The molecule has 0 aliphatic heterocycles. The highest BCUT2D eigenvalue weighted by Gasteiger charge is 2.38. The number of anilines is 1. The summed E-state index contributed by atoms with van der Waals surface area (Å²) in [6, 6.07) is 2.73. The Morgan fingerprint density at radius 2 is 1.68 bits per heavy atom. The Balaban J connectivity index is 2.17. The third kappa shape index (κ3) is 6.39. The summed E-state index contributed by atoms with van der Waals surface area (Å²) in [6.07, 6.45) is -9.43. The van der Waals surface area contributed by atoms with Crippen LogP contribution in [0.3, 0.4) is 0 Å². The summed E-state index contributed by atoms with van der Waals surface area (Å²) in [5.41, 5.74) is -2.96. The van der Waals surface area contributed by atoms with E-state index in [-0.39, 0.29) is 16.4 Å². The molecule has 0 atom stereocenters. The number of aromatic nitrogens is 1. The molecule has 3 rings (SSSR count). The van der Waals surface area contributed by atoms with Gasteiger partial charge in [-0.1, -0.05) is 0 Å². The maximum Gasteiger partial charge on any atom is 0.573 e. The van der Waals surface area contributed by atoms with Gasteiger partial charge in [0.25, 0.3) is 5.91 Å². The number of aryl methyl sites for hydroxylation is 1. The molecule has 6 nitrogen and oxygen atoms in total. The van der Waals surface area contributed by atoms with E-state index >= 15 is 4.39 Å². The molecule has 15 heteroatoms. The summed E-state index contributed by atoms with van der Waals surface area (Å²) in [7, 11) is -3.48. The Bertz CT molecular complexity index is 1450. The maximum absolute atomic E-state index is 15.1. The molecule has 0 aliphatic carbocycles. The highest BCUT2D eigenvalue weighted by molar-refractivity contribution is 9.10. The van der Waals surface area contributed by atoms with Crippen LogP contribution in [-0.4, -0.2) is 24.3 Å². The first-order chi connectivity index (χ1) is 18.3. The molecule has 37 heavy (non-hydrogen) atoms. The van der Waals surface area contributed by atoms with Crippen LogP contribution in [0.5, 0.6) is 23.0 Å². The Kier molecular flexibility index (Phi) is 6.68. The third-order valence-electron chi connectivity index (χ3n) is 4.53. The second-order valence-corrected chi connectivity index (χ2v) is 7.84. The molecule has 1 heterocycles. The van der Waals surface area contributed by atoms with E-state index in [1.54, 1.807) is 0 Å². The summed E-state index contributed by atoms with van der Waals surface area (Å²) in [5.74, 6) is -10.7. The number of carbonyl (C=O) groups is 1. The van der Waals surface area contributed by atoms with Crippen molar-refractivity contribution in [3.63, 3.8) is 0 Å². The summed E-state index contributed by atoms with van der Waals surface area (Å²) in [4.78, 5) is 16.9. The predicted octanol–water partition coefficient (Wildman–Crippen LogP) is 7.40. The van der Waals surface area contributed by atoms with Gasteiger partial charge in [-0.2, -0.15) is 17.6 Å². The van der Waals surface area contributed by atoms with Gasteiger partial charge < -0.3 is 19.5 Å². The number of hydrogen-bond donors (Lipinski definition) is 1. The highest BCUT2D eigenvalue weighted by atomic mass is 79.9. The quantitative estimate of drug-likeness (QED) is 0.235. The van der Waals surface area contributed by atoms with E-state index in [1.807, 2.05) is 0 Å². The van der Waals surface area contributed by atoms with Gasteiger partial charge in [0.15, 0.2) is 17.3 Å². The Morgan fingerprint density at radius 1 is 1.03 bits per heavy atom. The average molecular weight is 604 g/mol. The van der Waals surface area contributed by atoms with Crippen LogP contribution in [0.1, 0.15) is 25.6 Å². The number of halogens is 9. The summed E-state index contributed by atoms with van der Waals surface area (Å²) < 4.78 is 143. The SMILES string of the molecule is [2H]C([2H])([2H])Oc1c(Oc2ccc(C(F)(F)F)c(F)c2C(=O)Nc2cc(Br)ncc2C)ccc(OC(F)(F)F)c1F. The summed E-state index contributed by atoms with van der Waals surface area (Å²) in [6.45, 7) is 1.46. The smallest absolute Gasteiger partial charge is 0.490 e. The Labute approximate surface area is 215 Å². The first-order valence-corrected chi connectivity index (χ1v) is 10.3. The van der Waals surface area contributed by atoms with Crippen molar-refractivity contribution < 1.29 is 58.2 Å². The molecule has 0 aliphatic rings. The zero-order chi connectivity index (χ0) is 30.2. The van der Waals surface area contributed by atoms with E-state index in [9.17, 15) is 35.5 Å². The van der Waals surface area contributed by atoms with Crippen LogP contribution >= 0.6 is 15.9 Å². The number of nitrogens with zero attached hydrogens (tertiary/aromatic N) is 1. The van der Waals surface area contributed by atoms with Gasteiger partial charge in [0, 0.05) is 11.9 Å². The monoisotopic (exact) mass is 603 g/mol. The van der Waals surface area contributed by atoms with Gasteiger partial charge in [-0.15, -0.1) is 13.2 Å². The fourth-order valence-electron chi connectivity index (χ4n) is 2.91. The lowest BCUT2D eigenvalue weighted by Crippen LogP contribution is -2.19. The third-order valence-corrected chi connectivity index (χ3v) is 4.96. The zero-order valence-electron chi connectivity index (χ0n) is 20.9. The number of methoxy groups -OCH3 is 1. The predicted molar refractivity (Wildman–Crippen MR) is 116 cm³/mol. The molecule has 1 N–H and O–H groups in total. The minimum absolute atomic E-state index is 0.0132. The highest BCUT2D eigenvalue weighted by Crippen LogP contribution is 2.42. The molecular formula is C22H13BrF8N2O4. The normalized spacial score (nSPS) is 13.3. The first kappa shape index (κ1) is 23.8. The number of carbonyl (C=O) groups excluding carboxylic acids is 1. The molecule has 1 amide bonds. The number of rotatable bonds is 6. The lowest BCUT2D eigenvalue weighted by Gasteiger charge is -2.18. The maximum atomic E-state index is 15.1. The number of benzene rings is 2. The van der Waals surface area contributed by atoms with Gasteiger partial charge in [-0.05, 0) is 58.7 Å². The van der Waals surface area contributed by atoms with Crippen molar-refractivity contribution in [2.45, 2.75) is 19.5 Å². The number of pyridine rings is 1. The molecular weight excluding hydrogens is 588 g/mol. The number of nitrogens with one attached hydrogen (secondary N) is 1. The van der Waals surface area contributed by atoms with E-state index in [1.165, 1.54) is 19.2 Å². The van der Waals surface area contributed by atoms with Gasteiger partial charge in [-0.3, -0.25) is 4.79 Å². The molecule has 0 saturated heterocycles. The van der Waals surface area contributed by atoms with Crippen LogP contribution < -0.4 is 19.5 Å². The molecule has 0 saturated carbocycles. The molecule has 0 fully saturated rings. The van der Waals surface area contributed by atoms with Crippen molar-refractivity contribution in [1.29, 1.82) is 0 Å². The Morgan fingerprint density at radius 3 is 2.30 bits per heavy atom. The van der Waals surface area contributed by atoms with Gasteiger partial charge in [0.1, 0.15) is 15.9 Å². The van der Waals surface area contributed by atoms with E-state index in [2.05, 4.69) is 35.7 Å². The number of alkyl halides is 6. The van der Waals surface area contributed by atoms with Gasteiger partial charge in [-0.25, -0.2) is 9.37 Å². The van der Waals surface area contributed by atoms with Gasteiger partial charge in [0.2, 0.25) is 11.6 Å². The zero-order valence-corrected chi connectivity index (χ0v) is 19.5. The first-order valence-electron chi connectivity index (χ1n) is 11.0. The van der Waals surface area contributed by atoms with Crippen LogP contribution in [0.4, 0.5) is 40.8 Å². The van der Waals surface area contributed by atoms with Crippen molar-refractivity contribution in [2.75, 3.05) is 12.4 Å². The second kappa shape index (κ2) is 10.4. The molecule has 0 bridgehead atoms. The lowest BCUT2D eigenvalue weighted by atomic mass is 10.1. The molecule has 3 aromatic rings. The summed E-state index contributed by atoms with van der Waals surface area (Å²) in [5, 5.41) is 2.18. The van der Waals surface area contributed by atoms with Crippen molar-refractivity contribution in [1.82, 2.24) is 4.98 Å². The van der Waals surface area contributed by atoms with E-state index in [0.717, 1.165) is 0 Å². The van der Waals surface area contributed by atoms with Crippen LogP contribution in [0.2, 0.25) is 0 Å². The Hall–Kier alpha value is -3.62. The minimum atomic E-state index is -5.41. The average Bonchev–Trinajstić information content (AvgIpc) is 2.78. The standard InChI is InChI=1S/C22H13BrF8N2O4/c1-9-8-32-15(23)7-11(9)33-20(34)16-12(4-3-10(17(16)24)21(26,27)28)36-14-6-5-13(37-22(29,30)31)18(25)19(14)35-2/h3-8H,1-2H3,(H,32,33,34)/i2D3. The van der Waals surface area contributed by atoms with Crippen molar-refractivity contribution in [3.8, 4) is 23.0 Å². The van der Waals surface area contributed by atoms with Gasteiger partial charge >= 0.3 is 12.5 Å². The molecule has 0 unspecified atom stereocenters. The van der Waals surface area contributed by atoms with Gasteiger partial charge in [0.05, 0.1) is 16.7 Å². The van der Waals surface area contributed by atoms with Crippen LogP contribution in [0.15, 0.2) is 41.1 Å². The van der Waals surface area contributed by atoms with Crippen LogP contribution in [-0.2, 0) is 6.18 Å². The number of hydrogen-bond acceptors (Lipinski definition) is 5. The molecule has 1 aromatic heterocycles. The second-order valence-electron chi connectivity index (χ2n) is 7.03. The van der Waals surface area contributed by atoms with Crippen molar-refractivity contribution in [2.24, 2.45) is 0 Å². The van der Waals surface area contributed by atoms with E-state index in [4.69, 9.17) is 8.85 Å². The van der Waals surface area contributed by atoms with Crippen LogP contribution in [0, 0.1) is 18.6 Å². The largest absolute Gasteiger partial charge is 0.573 e. The fourth-order valence-corrected chi connectivity index (χ4v) is 3.24. The number of amides is 1. The van der Waals surface area contributed by atoms with E-state index in [0.29, 0.717) is 23.8 Å². The molecule has 2 aromatic carbocycles. The molecule has 0 spiro atoms. The fraction of sp³-hybridized carbons (Fsp3) is 0.182. The van der Waals surface area contributed by atoms with E-state index < -0.39 is 71.2 Å².